The second-order valence-corrected chi connectivity index (χ2v) is 6.53. The van der Waals surface area contributed by atoms with E-state index in [0.29, 0.717) is 31.0 Å². The molecule has 9 heteroatoms. The Morgan fingerprint density at radius 3 is 2.90 bits per heavy atom. The lowest BCUT2D eigenvalue weighted by molar-refractivity contribution is -0.137. The van der Waals surface area contributed by atoms with Crippen molar-refractivity contribution in [2.24, 2.45) is 0 Å². The predicted octanol–water partition coefficient (Wildman–Crippen LogP) is 3.42. The monoisotopic (exact) mass is 405 g/mol. The second kappa shape index (κ2) is 8.82. The molecule has 1 aliphatic heterocycles. The lowest BCUT2D eigenvalue weighted by Crippen LogP contribution is -2.46. The van der Waals surface area contributed by atoms with E-state index in [1.807, 2.05) is 6.07 Å². The molecule has 152 valence electrons. The lowest BCUT2D eigenvalue weighted by atomic mass is 10.1. The fourth-order valence-electron chi connectivity index (χ4n) is 2.97. The summed E-state index contributed by atoms with van der Waals surface area (Å²) in [5.74, 6) is -0.0477. The molecule has 6 nitrogen and oxygen atoms in total. The van der Waals surface area contributed by atoms with Crippen molar-refractivity contribution in [3.05, 3.63) is 53.7 Å². The Labute approximate surface area is 165 Å². The maximum absolute atomic E-state index is 12.8. The number of alkyl halides is 3. The Kier molecular flexibility index (Phi) is 6.22. The first-order valence-corrected chi connectivity index (χ1v) is 8.96. The van der Waals surface area contributed by atoms with Gasteiger partial charge < -0.3 is 14.4 Å². The maximum Gasteiger partial charge on any atom is 0.416 e. The number of piperidine rings is 1. The molecule has 29 heavy (non-hydrogen) atoms. The number of amides is 1. The molecule has 1 atom stereocenters. The molecule has 3 rings (SSSR count). The Bertz CT molecular complexity index is 912. The number of nitrogens with zero attached hydrogens (tertiary/aromatic N) is 3. The molecule has 0 radical (unpaired) electrons. The number of benzene rings is 1. The number of hydrogen-bond acceptors (Lipinski definition) is 5. The van der Waals surface area contributed by atoms with Gasteiger partial charge in [0.1, 0.15) is 11.9 Å². The maximum atomic E-state index is 12.8. The van der Waals surface area contributed by atoms with Crippen molar-refractivity contribution >= 4 is 5.91 Å². The number of carbonyl (C=O) groups excluding carboxylic acids is 1. The number of nitriles is 1. The third kappa shape index (κ3) is 5.60. The van der Waals surface area contributed by atoms with Crippen molar-refractivity contribution in [3.8, 4) is 17.7 Å². The van der Waals surface area contributed by atoms with E-state index in [-0.39, 0.29) is 24.4 Å². The van der Waals surface area contributed by atoms with E-state index in [1.165, 1.54) is 24.4 Å². The minimum Gasteiger partial charge on any atom is -0.484 e. The van der Waals surface area contributed by atoms with Gasteiger partial charge in [-0.25, -0.2) is 4.98 Å². The fraction of sp³-hybridized carbons (Fsp3) is 0.350. The van der Waals surface area contributed by atoms with E-state index >= 15 is 0 Å². The van der Waals surface area contributed by atoms with Crippen LogP contribution in [0.15, 0.2) is 42.6 Å². The SMILES string of the molecule is N#Cc1ccnc(OC2CCCN(C(=O)COc3cccc(C(F)(F)F)c3)C2)c1. The molecular formula is C20H18F3N3O3. The van der Waals surface area contributed by atoms with Gasteiger partial charge in [0.15, 0.2) is 6.61 Å². The number of pyridine rings is 1. The zero-order chi connectivity index (χ0) is 20.9. The predicted molar refractivity (Wildman–Crippen MR) is 96.1 cm³/mol. The van der Waals surface area contributed by atoms with E-state index in [2.05, 4.69) is 4.98 Å². The molecule has 1 aliphatic rings. The molecule has 2 aromatic rings. The van der Waals surface area contributed by atoms with Gasteiger partial charge in [0, 0.05) is 18.8 Å². The van der Waals surface area contributed by atoms with Crippen molar-refractivity contribution in [2.75, 3.05) is 19.7 Å². The van der Waals surface area contributed by atoms with Crippen molar-refractivity contribution in [1.82, 2.24) is 9.88 Å². The lowest BCUT2D eigenvalue weighted by Gasteiger charge is -2.32. The fourth-order valence-corrected chi connectivity index (χ4v) is 2.97. The summed E-state index contributed by atoms with van der Waals surface area (Å²) in [7, 11) is 0. The molecular weight excluding hydrogens is 387 g/mol. The number of aromatic nitrogens is 1. The van der Waals surface area contributed by atoms with Crippen LogP contribution in [0.3, 0.4) is 0 Å². The Balaban J connectivity index is 1.55. The molecule has 0 N–H and O–H groups in total. The van der Waals surface area contributed by atoms with Gasteiger partial charge in [-0.15, -0.1) is 0 Å². The van der Waals surface area contributed by atoms with E-state index in [4.69, 9.17) is 14.7 Å². The van der Waals surface area contributed by atoms with Crippen molar-refractivity contribution < 1.29 is 27.4 Å². The number of rotatable bonds is 5. The molecule has 0 aliphatic carbocycles. The average Bonchev–Trinajstić information content (AvgIpc) is 2.72. The van der Waals surface area contributed by atoms with Crippen LogP contribution in [0.25, 0.3) is 0 Å². The van der Waals surface area contributed by atoms with Crippen LogP contribution in [0.5, 0.6) is 11.6 Å². The van der Waals surface area contributed by atoms with E-state index in [9.17, 15) is 18.0 Å². The highest BCUT2D eigenvalue weighted by Gasteiger charge is 2.31. The van der Waals surface area contributed by atoms with Gasteiger partial charge >= 0.3 is 6.18 Å². The van der Waals surface area contributed by atoms with Gasteiger partial charge in [0.2, 0.25) is 5.88 Å². The quantitative estimate of drug-likeness (QED) is 0.762. The van der Waals surface area contributed by atoms with Crippen LogP contribution in [0, 0.1) is 11.3 Å². The Morgan fingerprint density at radius 1 is 1.31 bits per heavy atom. The van der Waals surface area contributed by atoms with Gasteiger partial charge in [-0.3, -0.25) is 4.79 Å². The number of carbonyl (C=O) groups is 1. The minimum absolute atomic E-state index is 0.0181. The van der Waals surface area contributed by atoms with Crippen molar-refractivity contribution in [1.29, 1.82) is 5.26 Å². The van der Waals surface area contributed by atoms with Crippen molar-refractivity contribution in [3.63, 3.8) is 0 Å². The van der Waals surface area contributed by atoms with Gasteiger partial charge in [0.05, 0.1) is 23.7 Å². The number of halogens is 3. The summed E-state index contributed by atoms with van der Waals surface area (Å²) >= 11 is 0. The van der Waals surface area contributed by atoms with Crippen LogP contribution < -0.4 is 9.47 Å². The smallest absolute Gasteiger partial charge is 0.416 e. The summed E-state index contributed by atoms with van der Waals surface area (Å²) in [5, 5.41) is 8.93. The summed E-state index contributed by atoms with van der Waals surface area (Å²) in [4.78, 5) is 18.0. The van der Waals surface area contributed by atoms with E-state index in [1.54, 1.807) is 11.0 Å². The van der Waals surface area contributed by atoms with Gasteiger partial charge in [-0.1, -0.05) is 6.07 Å². The molecule has 1 aromatic heterocycles. The molecule has 1 unspecified atom stereocenters. The van der Waals surface area contributed by atoms with Crippen LogP contribution in [-0.2, 0) is 11.0 Å². The highest BCUT2D eigenvalue weighted by molar-refractivity contribution is 5.78. The topological polar surface area (TPSA) is 75.5 Å². The van der Waals surface area contributed by atoms with Crippen LogP contribution >= 0.6 is 0 Å². The van der Waals surface area contributed by atoms with Crippen LogP contribution in [0.1, 0.15) is 24.0 Å². The normalized spacial score (nSPS) is 16.8. The summed E-state index contributed by atoms with van der Waals surface area (Å²) in [6.07, 6.45) is -1.86. The molecule has 1 saturated heterocycles. The van der Waals surface area contributed by atoms with E-state index < -0.39 is 11.7 Å². The van der Waals surface area contributed by atoms with Crippen LogP contribution in [0.4, 0.5) is 13.2 Å². The number of likely N-dealkylation sites (tertiary alicyclic amines) is 1. The number of ether oxygens (including phenoxy) is 2. The first-order valence-electron chi connectivity index (χ1n) is 8.96. The highest BCUT2D eigenvalue weighted by Crippen LogP contribution is 2.31. The zero-order valence-corrected chi connectivity index (χ0v) is 15.4. The Hall–Kier alpha value is -3.28. The summed E-state index contributed by atoms with van der Waals surface area (Å²) in [5.41, 5.74) is -0.408. The minimum atomic E-state index is -4.47. The third-order valence-corrected chi connectivity index (χ3v) is 4.41. The summed E-state index contributed by atoms with van der Waals surface area (Å²) in [6, 6.07) is 9.51. The average molecular weight is 405 g/mol. The first kappa shape index (κ1) is 20.5. The van der Waals surface area contributed by atoms with Crippen LogP contribution in [-0.4, -0.2) is 41.6 Å². The molecule has 2 heterocycles. The second-order valence-electron chi connectivity index (χ2n) is 6.53. The molecule has 1 amide bonds. The molecule has 1 aromatic carbocycles. The van der Waals surface area contributed by atoms with Crippen LogP contribution in [0.2, 0.25) is 0 Å². The Morgan fingerprint density at radius 2 is 2.14 bits per heavy atom. The molecule has 1 fully saturated rings. The molecule has 0 spiro atoms. The zero-order valence-electron chi connectivity index (χ0n) is 15.4. The van der Waals surface area contributed by atoms with E-state index in [0.717, 1.165) is 18.6 Å². The van der Waals surface area contributed by atoms with Gasteiger partial charge in [-0.2, -0.15) is 18.4 Å². The van der Waals surface area contributed by atoms with Gasteiger partial charge in [-0.05, 0) is 37.1 Å². The largest absolute Gasteiger partial charge is 0.484 e. The van der Waals surface area contributed by atoms with Crippen molar-refractivity contribution in [2.45, 2.75) is 25.1 Å². The first-order chi connectivity index (χ1) is 13.8. The summed E-state index contributed by atoms with van der Waals surface area (Å²) < 4.78 is 49.3. The number of hydrogen-bond donors (Lipinski definition) is 0. The molecule has 0 saturated carbocycles. The highest BCUT2D eigenvalue weighted by atomic mass is 19.4. The standard InChI is InChI=1S/C20H18F3N3O3/c21-20(22,23)15-3-1-4-16(10-15)28-13-19(27)26-8-2-5-17(12-26)29-18-9-14(11-24)6-7-25-18/h1,3-4,6-7,9-10,17H,2,5,8,12-13H2. The third-order valence-electron chi connectivity index (χ3n) is 4.41. The van der Waals surface area contributed by atoms with Gasteiger partial charge in [0.25, 0.3) is 5.91 Å². The summed E-state index contributed by atoms with van der Waals surface area (Å²) in [6.45, 7) is 0.454. The molecule has 0 bridgehead atoms.